The van der Waals surface area contributed by atoms with E-state index in [0.29, 0.717) is 22.6 Å². The molecule has 0 aromatic carbocycles. The Balaban J connectivity index is 1.43. The number of fused-ring (bicyclic) bond motifs is 1. The maximum Gasteiger partial charge on any atom is 0.453 e. The Morgan fingerprint density at radius 2 is 1.97 bits per heavy atom. The molecule has 1 aromatic heterocycles. The number of alkyl halides is 3. The number of carbonyl (C=O) groups is 4. The highest BCUT2D eigenvalue weighted by Crippen LogP contribution is 2.53. The third kappa shape index (κ3) is 5.02. The Labute approximate surface area is 220 Å². The molecule has 4 rings (SSSR count). The zero-order valence-electron chi connectivity index (χ0n) is 21.1. The van der Waals surface area contributed by atoms with Crippen LogP contribution in [-0.2, 0) is 31.9 Å². The highest BCUT2D eigenvalue weighted by molar-refractivity contribution is 8.03. The standard InChI is InChI=1S/C22H28F3N7O5S/c1-9(5-11(33)8-31-21(22(23,24)25)27-28-29-31)14-15-10(2)17(16(20(36)37)32(15)19(14)35)38-12-6-13(26-7-12)18(34)30(3)4/h9-10,12-15,26H,5-8H2,1-4H3,(H,36,37)/t9-,10+,12-,13?,14+,15+/m0/s1. The smallest absolute Gasteiger partial charge is 0.453 e. The zero-order valence-corrected chi connectivity index (χ0v) is 21.9. The van der Waals surface area contributed by atoms with Crippen molar-refractivity contribution in [2.45, 2.75) is 56.7 Å². The van der Waals surface area contributed by atoms with Gasteiger partial charge in [-0.15, -0.1) is 16.9 Å². The SMILES string of the molecule is C[C@@H](CC(=O)Cn1nnnc1C(F)(F)F)[C@H]1C(=O)N2C(C(=O)O)=C(S[C@@H]3CNC(C(=O)N(C)C)C3)[C@H](C)[C@H]12. The lowest BCUT2D eigenvalue weighted by atomic mass is 9.73. The predicted octanol–water partition coefficient (Wildman–Crippen LogP) is 0.612. The van der Waals surface area contributed by atoms with Gasteiger partial charge in [-0.3, -0.25) is 14.4 Å². The Kier molecular flexibility index (Phi) is 7.58. The highest BCUT2D eigenvalue weighted by Gasteiger charge is 2.60. The molecule has 38 heavy (non-hydrogen) atoms. The summed E-state index contributed by atoms with van der Waals surface area (Å²) in [5, 5.41) is 22.2. The number of aromatic nitrogens is 4. The van der Waals surface area contributed by atoms with Crippen molar-refractivity contribution in [2.24, 2.45) is 17.8 Å². The number of thioether (sulfide) groups is 1. The second kappa shape index (κ2) is 10.3. The normalized spacial score (nSPS) is 27.8. The van der Waals surface area contributed by atoms with Gasteiger partial charge in [-0.1, -0.05) is 13.8 Å². The number of carboxylic acid groups (broad SMARTS) is 1. The Morgan fingerprint density at radius 3 is 2.58 bits per heavy atom. The summed E-state index contributed by atoms with van der Waals surface area (Å²) in [5.41, 5.74) is -0.0850. The van der Waals surface area contributed by atoms with Gasteiger partial charge in [-0.2, -0.15) is 13.2 Å². The summed E-state index contributed by atoms with van der Waals surface area (Å²) in [6.45, 7) is 3.28. The van der Waals surface area contributed by atoms with Gasteiger partial charge < -0.3 is 20.2 Å². The summed E-state index contributed by atoms with van der Waals surface area (Å²) in [6, 6.07) is -0.852. The second-order valence-corrected chi connectivity index (χ2v) is 11.4. The molecule has 2 amide bonds. The van der Waals surface area contributed by atoms with Gasteiger partial charge >= 0.3 is 12.1 Å². The molecule has 0 saturated carbocycles. The van der Waals surface area contributed by atoms with Crippen molar-refractivity contribution in [3.63, 3.8) is 0 Å². The van der Waals surface area contributed by atoms with Crippen LogP contribution in [0.3, 0.4) is 0 Å². The Hall–Kier alpha value is -3.01. The molecule has 0 radical (unpaired) electrons. The molecule has 16 heteroatoms. The molecule has 208 valence electrons. The number of amides is 2. The molecule has 6 atom stereocenters. The molecule has 0 spiro atoms. The van der Waals surface area contributed by atoms with Crippen LogP contribution in [0.4, 0.5) is 13.2 Å². The van der Waals surface area contributed by atoms with Gasteiger partial charge in [-0.05, 0) is 22.8 Å². The fourth-order valence-electron chi connectivity index (χ4n) is 5.47. The number of rotatable bonds is 9. The molecule has 2 fully saturated rings. The molecule has 0 aliphatic carbocycles. The number of hydrogen-bond donors (Lipinski definition) is 2. The average molecular weight is 560 g/mol. The van der Waals surface area contributed by atoms with Crippen LogP contribution in [0.5, 0.6) is 0 Å². The number of likely N-dealkylation sites (N-methyl/N-ethyl adjacent to an activating group) is 1. The van der Waals surface area contributed by atoms with E-state index in [1.54, 1.807) is 21.0 Å². The number of ketones is 1. The van der Waals surface area contributed by atoms with Crippen LogP contribution < -0.4 is 5.32 Å². The van der Waals surface area contributed by atoms with Crippen LogP contribution in [0.1, 0.15) is 32.5 Å². The monoisotopic (exact) mass is 559 g/mol. The summed E-state index contributed by atoms with van der Waals surface area (Å²) in [7, 11) is 3.32. The number of nitrogens with one attached hydrogen (secondary N) is 1. The van der Waals surface area contributed by atoms with Crippen molar-refractivity contribution in [3.8, 4) is 0 Å². The van der Waals surface area contributed by atoms with Gasteiger partial charge in [0, 0.05) is 43.1 Å². The number of β-lactam (4-membered cyclic amide) rings is 1. The molecule has 3 aliphatic heterocycles. The molecule has 3 aliphatic rings. The van der Waals surface area contributed by atoms with Crippen LogP contribution in [0, 0.1) is 17.8 Å². The first-order chi connectivity index (χ1) is 17.7. The first-order valence-corrected chi connectivity index (χ1v) is 12.9. The lowest BCUT2D eigenvalue weighted by molar-refractivity contribution is -0.160. The van der Waals surface area contributed by atoms with Gasteiger partial charge in [0.2, 0.25) is 11.8 Å². The van der Waals surface area contributed by atoms with Crippen molar-refractivity contribution in [1.82, 2.24) is 35.3 Å². The Morgan fingerprint density at radius 1 is 1.29 bits per heavy atom. The summed E-state index contributed by atoms with van der Waals surface area (Å²) < 4.78 is 39.4. The van der Waals surface area contributed by atoms with E-state index < -0.39 is 54.1 Å². The van der Waals surface area contributed by atoms with Gasteiger partial charge in [0.15, 0.2) is 5.78 Å². The fraction of sp³-hybridized carbons (Fsp3) is 0.682. The number of nitrogens with zero attached hydrogens (tertiary/aromatic N) is 6. The van der Waals surface area contributed by atoms with Gasteiger partial charge in [-0.25, -0.2) is 9.48 Å². The van der Waals surface area contributed by atoms with Crippen LogP contribution >= 0.6 is 11.8 Å². The largest absolute Gasteiger partial charge is 0.477 e. The topological polar surface area (TPSA) is 151 Å². The number of carbonyl (C=O) groups excluding carboxylic acids is 3. The fourth-order valence-corrected chi connectivity index (χ4v) is 6.95. The first kappa shape index (κ1) is 28.0. The maximum absolute atomic E-state index is 13.1. The van der Waals surface area contributed by atoms with E-state index >= 15 is 0 Å². The van der Waals surface area contributed by atoms with E-state index in [-0.39, 0.29) is 35.2 Å². The van der Waals surface area contributed by atoms with Gasteiger partial charge in [0.05, 0.1) is 18.0 Å². The predicted molar refractivity (Wildman–Crippen MR) is 126 cm³/mol. The molecule has 12 nitrogen and oxygen atoms in total. The Bertz CT molecular complexity index is 1190. The van der Waals surface area contributed by atoms with Crippen LogP contribution in [0.2, 0.25) is 0 Å². The molecular formula is C22H28F3N7O5S. The van der Waals surface area contributed by atoms with Crippen LogP contribution in [0.15, 0.2) is 10.6 Å². The minimum absolute atomic E-state index is 0.0680. The van der Waals surface area contributed by atoms with E-state index in [1.807, 2.05) is 6.92 Å². The van der Waals surface area contributed by atoms with E-state index in [0.717, 1.165) is 0 Å². The molecule has 0 bridgehead atoms. The third-order valence-corrected chi connectivity index (χ3v) is 8.70. The summed E-state index contributed by atoms with van der Waals surface area (Å²) in [5.74, 6) is -5.24. The third-order valence-electron chi connectivity index (χ3n) is 7.19. The molecular weight excluding hydrogens is 531 g/mol. The van der Waals surface area contributed by atoms with Crippen molar-refractivity contribution in [2.75, 3.05) is 20.6 Å². The van der Waals surface area contributed by atoms with Crippen molar-refractivity contribution in [1.29, 1.82) is 0 Å². The summed E-state index contributed by atoms with van der Waals surface area (Å²) >= 11 is 1.35. The van der Waals surface area contributed by atoms with Crippen molar-refractivity contribution in [3.05, 3.63) is 16.4 Å². The zero-order chi connectivity index (χ0) is 28.1. The molecule has 4 heterocycles. The average Bonchev–Trinajstić information content (AvgIpc) is 3.51. The number of carboxylic acids is 1. The van der Waals surface area contributed by atoms with Crippen molar-refractivity contribution < 1.29 is 37.5 Å². The number of halogens is 3. The quantitative estimate of drug-likeness (QED) is 0.412. The summed E-state index contributed by atoms with van der Waals surface area (Å²) in [4.78, 5) is 53.4. The minimum atomic E-state index is -4.82. The number of Topliss-reactive ketones (excluding diaryl/α,β-unsaturated/α-hetero) is 1. The van der Waals surface area contributed by atoms with E-state index in [4.69, 9.17) is 0 Å². The minimum Gasteiger partial charge on any atom is -0.477 e. The second-order valence-electron chi connectivity index (χ2n) is 10.1. The van der Waals surface area contributed by atoms with Crippen LogP contribution in [0.25, 0.3) is 0 Å². The molecule has 2 saturated heterocycles. The summed E-state index contributed by atoms with van der Waals surface area (Å²) in [6.07, 6.45) is -4.51. The molecule has 2 N–H and O–H groups in total. The van der Waals surface area contributed by atoms with E-state index in [9.17, 15) is 37.5 Å². The van der Waals surface area contributed by atoms with E-state index in [1.165, 1.54) is 21.6 Å². The highest BCUT2D eigenvalue weighted by atomic mass is 32.2. The van der Waals surface area contributed by atoms with Crippen molar-refractivity contribution >= 4 is 35.3 Å². The van der Waals surface area contributed by atoms with Crippen LogP contribution in [-0.4, -0.2) is 96.7 Å². The lowest BCUT2D eigenvalue weighted by Gasteiger charge is -2.47. The maximum atomic E-state index is 13.1. The van der Waals surface area contributed by atoms with E-state index in [2.05, 4.69) is 20.8 Å². The number of hydrogen-bond acceptors (Lipinski definition) is 9. The van der Waals surface area contributed by atoms with Gasteiger partial charge in [0.25, 0.3) is 5.82 Å². The molecule has 1 aromatic rings. The molecule has 1 unspecified atom stereocenters. The first-order valence-electron chi connectivity index (χ1n) is 12.0. The lowest BCUT2D eigenvalue weighted by Crippen LogP contribution is -2.62. The number of aliphatic carboxylic acids is 1. The van der Waals surface area contributed by atoms with Gasteiger partial charge in [0.1, 0.15) is 12.2 Å². The number of tetrazole rings is 1.